The van der Waals surface area contributed by atoms with Crippen LogP contribution in [-0.4, -0.2) is 19.6 Å². The van der Waals surface area contributed by atoms with Crippen LogP contribution >= 0.6 is 0 Å². The standard InChI is InChI=1S/C14H24N2/c1-5-12(3)16(6-2)14-10-8-7-9-13(14)11-15-4/h7-10,12,15H,5-6,11H2,1-4H3. The van der Waals surface area contributed by atoms with Gasteiger partial charge in [-0.1, -0.05) is 25.1 Å². The Morgan fingerprint density at radius 2 is 1.94 bits per heavy atom. The van der Waals surface area contributed by atoms with Crippen molar-refractivity contribution in [1.29, 1.82) is 0 Å². The third-order valence-corrected chi connectivity index (χ3v) is 3.13. The van der Waals surface area contributed by atoms with E-state index in [2.05, 4.69) is 55.3 Å². The van der Waals surface area contributed by atoms with Gasteiger partial charge >= 0.3 is 0 Å². The molecule has 0 spiro atoms. The van der Waals surface area contributed by atoms with E-state index in [4.69, 9.17) is 0 Å². The number of nitrogens with one attached hydrogen (secondary N) is 1. The minimum absolute atomic E-state index is 0.600. The lowest BCUT2D eigenvalue weighted by molar-refractivity contribution is 0.625. The molecule has 16 heavy (non-hydrogen) atoms. The molecule has 0 saturated heterocycles. The monoisotopic (exact) mass is 220 g/mol. The maximum atomic E-state index is 3.23. The minimum atomic E-state index is 0.600. The molecule has 1 unspecified atom stereocenters. The maximum absolute atomic E-state index is 3.23. The Hall–Kier alpha value is -1.02. The molecule has 1 N–H and O–H groups in total. The Bertz CT molecular complexity index is 309. The van der Waals surface area contributed by atoms with Gasteiger partial charge in [0.2, 0.25) is 0 Å². The van der Waals surface area contributed by atoms with Gasteiger partial charge in [0.05, 0.1) is 0 Å². The maximum Gasteiger partial charge on any atom is 0.0414 e. The molecular formula is C14H24N2. The van der Waals surface area contributed by atoms with Crippen LogP contribution < -0.4 is 10.2 Å². The van der Waals surface area contributed by atoms with Crippen molar-refractivity contribution in [3.8, 4) is 0 Å². The zero-order valence-electron chi connectivity index (χ0n) is 11.0. The van der Waals surface area contributed by atoms with E-state index in [0.717, 1.165) is 13.1 Å². The summed E-state index contributed by atoms with van der Waals surface area (Å²) in [6, 6.07) is 9.27. The Morgan fingerprint density at radius 1 is 1.25 bits per heavy atom. The first-order chi connectivity index (χ1) is 7.74. The molecule has 0 saturated carbocycles. The Balaban J connectivity index is 2.98. The van der Waals surface area contributed by atoms with Crippen molar-refractivity contribution in [1.82, 2.24) is 5.32 Å². The van der Waals surface area contributed by atoms with E-state index >= 15 is 0 Å². The van der Waals surface area contributed by atoms with E-state index < -0.39 is 0 Å². The van der Waals surface area contributed by atoms with Crippen molar-refractivity contribution in [2.45, 2.75) is 39.8 Å². The number of benzene rings is 1. The van der Waals surface area contributed by atoms with Gasteiger partial charge in [-0.15, -0.1) is 0 Å². The van der Waals surface area contributed by atoms with E-state index in [0.29, 0.717) is 6.04 Å². The fourth-order valence-electron chi connectivity index (χ4n) is 2.07. The number of para-hydroxylation sites is 1. The summed E-state index contributed by atoms with van der Waals surface area (Å²) < 4.78 is 0. The molecule has 0 bridgehead atoms. The molecular weight excluding hydrogens is 196 g/mol. The van der Waals surface area contributed by atoms with Gasteiger partial charge in [0, 0.05) is 24.8 Å². The SMILES string of the molecule is CCC(C)N(CC)c1ccccc1CNC. The van der Waals surface area contributed by atoms with E-state index in [-0.39, 0.29) is 0 Å². The molecule has 2 heteroatoms. The summed E-state index contributed by atoms with van der Waals surface area (Å²) in [7, 11) is 2.00. The van der Waals surface area contributed by atoms with Gasteiger partial charge in [-0.25, -0.2) is 0 Å². The first-order valence-electron chi connectivity index (χ1n) is 6.23. The normalized spacial score (nSPS) is 12.5. The van der Waals surface area contributed by atoms with Crippen molar-refractivity contribution in [3.05, 3.63) is 29.8 Å². The van der Waals surface area contributed by atoms with Crippen LogP contribution in [0.4, 0.5) is 5.69 Å². The molecule has 1 atom stereocenters. The van der Waals surface area contributed by atoms with E-state index in [1.54, 1.807) is 0 Å². The molecule has 1 rings (SSSR count). The average Bonchev–Trinajstić information content (AvgIpc) is 2.32. The molecule has 0 radical (unpaired) electrons. The van der Waals surface area contributed by atoms with Gasteiger partial charge in [0.15, 0.2) is 0 Å². The number of anilines is 1. The van der Waals surface area contributed by atoms with Crippen LogP contribution in [0.15, 0.2) is 24.3 Å². The predicted molar refractivity (Wildman–Crippen MR) is 72.0 cm³/mol. The quantitative estimate of drug-likeness (QED) is 0.792. The smallest absolute Gasteiger partial charge is 0.0414 e. The van der Waals surface area contributed by atoms with Gasteiger partial charge in [-0.2, -0.15) is 0 Å². The van der Waals surface area contributed by atoms with E-state index in [9.17, 15) is 0 Å². The van der Waals surface area contributed by atoms with E-state index in [1.807, 2.05) is 7.05 Å². The molecule has 0 aromatic heterocycles. The molecule has 0 aliphatic heterocycles. The van der Waals surface area contributed by atoms with Crippen LogP contribution in [0.5, 0.6) is 0 Å². The van der Waals surface area contributed by atoms with Crippen molar-refractivity contribution in [2.75, 3.05) is 18.5 Å². The molecule has 0 amide bonds. The van der Waals surface area contributed by atoms with Crippen LogP contribution in [0.1, 0.15) is 32.8 Å². The lowest BCUT2D eigenvalue weighted by atomic mass is 10.1. The van der Waals surface area contributed by atoms with Crippen molar-refractivity contribution in [3.63, 3.8) is 0 Å². The molecule has 0 aliphatic rings. The van der Waals surface area contributed by atoms with Gasteiger partial charge in [-0.3, -0.25) is 0 Å². The summed E-state index contributed by atoms with van der Waals surface area (Å²) >= 11 is 0. The summed E-state index contributed by atoms with van der Waals surface area (Å²) in [5, 5.41) is 3.23. The fourth-order valence-corrected chi connectivity index (χ4v) is 2.07. The lowest BCUT2D eigenvalue weighted by Crippen LogP contribution is -2.33. The van der Waals surface area contributed by atoms with Crippen LogP contribution in [0.3, 0.4) is 0 Å². The highest BCUT2D eigenvalue weighted by Gasteiger charge is 2.13. The van der Waals surface area contributed by atoms with Crippen LogP contribution in [-0.2, 0) is 6.54 Å². The van der Waals surface area contributed by atoms with E-state index in [1.165, 1.54) is 17.7 Å². The Morgan fingerprint density at radius 3 is 2.50 bits per heavy atom. The minimum Gasteiger partial charge on any atom is -0.369 e. The summed E-state index contributed by atoms with van der Waals surface area (Å²) in [6.45, 7) is 8.76. The summed E-state index contributed by atoms with van der Waals surface area (Å²) in [6.07, 6.45) is 1.18. The van der Waals surface area contributed by atoms with Gasteiger partial charge < -0.3 is 10.2 Å². The summed E-state index contributed by atoms with van der Waals surface area (Å²) in [5.74, 6) is 0. The summed E-state index contributed by atoms with van der Waals surface area (Å²) in [4.78, 5) is 2.48. The topological polar surface area (TPSA) is 15.3 Å². The van der Waals surface area contributed by atoms with Crippen LogP contribution in [0, 0.1) is 0 Å². The lowest BCUT2D eigenvalue weighted by Gasteiger charge is -2.31. The highest BCUT2D eigenvalue weighted by molar-refractivity contribution is 5.54. The Labute approximate surface area is 99.7 Å². The van der Waals surface area contributed by atoms with Crippen molar-refractivity contribution < 1.29 is 0 Å². The average molecular weight is 220 g/mol. The number of rotatable bonds is 6. The summed E-state index contributed by atoms with van der Waals surface area (Å²) in [5.41, 5.74) is 2.75. The molecule has 1 aromatic carbocycles. The third-order valence-electron chi connectivity index (χ3n) is 3.13. The number of hydrogen-bond acceptors (Lipinski definition) is 2. The second-order valence-corrected chi connectivity index (χ2v) is 4.20. The third kappa shape index (κ3) is 2.99. The zero-order chi connectivity index (χ0) is 12.0. The fraction of sp³-hybridized carbons (Fsp3) is 0.571. The van der Waals surface area contributed by atoms with Gasteiger partial charge in [0.25, 0.3) is 0 Å². The zero-order valence-corrected chi connectivity index (χ0v) is 11.0. The van der Waals surface area contributed by atoms with Gasteiger partial charge in [0.1, 0.15) is 0 Å². The first-order valence-corrected chi connectivity index (χ1v) is 6.23. The highest BCUT2D eigenvalue weighted by atomic mass is 15.2. The molecule has 0 aliphatic carbocycles. The highest BCUT2D eigenvalue weighted by Crippen LogP contribution is 2.23. The first kappa shape index (κ1) is 13.0. The predicted octanol–water partition coefficient (Wildman–Crippen LogP) is 3.03. The molecule has 1 aromatic rings. The van der Waals surface area contributed by atoms with Crippen LogP contribution in [0.2, 0.25) is 0 Å². The second-order valence-electron chi connectivity index (χ2n) is 4.20. The van der Waals surface area contributed by atoms with Crippen molar-refractivity contribution >= 4 is 5.69 Å². The molecule has 2 nitrogen and oxygen atoms in total. The van der Waals surface area contributed by atoms with Crippen LogP contribution in [0.25, 0.3) is 0 Å². The van der Waals surface area contributed by atoms with Crippen molar-refractivity contribution in [2.24, 2.45) is 0 Å². The molecule has 0 fully saturated rings. The molecule has 90 valence electrons. The Kier molecular flexibility index (Phi) is 5.33. The second kappa shape index (κ2) is 6.54. The molecule has 0 heterocycles. The number of nitrogens with zero attached hydrogens (tertiary/aromatic N) is 1. The van der Waals surface area contributed by atoms with Gasteiger partial charge in [-0.05, 0) is 38.9 Å². The largest absolute Gasteiger partial charge is 0.369 e. The number of hydrogen-bond donors (Lipinski definition) is 1.